The predicted octanol–water partition coefficient (Wildman–Crippen LogP) is 2.40. The van der Waals surface area contributed by atoms with Gasteiger partial charge in [0.2, 0.25) is 0 Å². The summed E-state index contributed by atoms with van der Waals surface area (Å²) in [4.78, 5) is 36.0. The van der Waals surface area contributed by atoms with Crippen molar-refractivity contribution in [1.82, 2.24) is 24.5 Å². The SMILES string of the molecule is Cc1nc2cc([C@H]3CCCCN3C(=O)c3ccccn3)[nH]n2c(=O)c1C. The standard InChI is InChI=1S/C19H21N5O2/c1-12-13(2)21-17-11-15(22-24(17)18(12)25)16-8-4-6-10-23(16)19(26)14-7-3-5-9-20-14/h3,5,7,9,11,16,22H,4,6,8,10H2,1-2H3/t16-/m1/s1. The zero-order valence-corrected chi connectivity index (χ0v) is 14.9. The summed E-state index contributed by atoms with van der Waals surface area (Å²) in [5, 5.41) is 3.17. The van der Waals surface area contributed by atoms with Crippen LogP contribution in [0.5, 0.6) is 0 Å². The Morgan fingerprint density at radius 2 is 2.12 bits per heavy atom. The van der Waals surface area contributed by atoms with Gasteiger partial charge in [0.05, 0.1) is 11.7 Å². The van der Waals surface area contributed by atoms with Gasteiger partial charge in [0.1, 0.15) is 5.69 Å². The highest BCUT2D eigenvalue weighted by molar-refractivity contribution is 5.92. The molecule has 0 aliphatic carbocycles. The van der Waals surface area contributed by atoms with Gasteiger partial charge in [0.15, 0.2) is 5.65 Å². The fourth-order valence-electron chi connectivity index (χ4n) is 3.54. The second-order valence-corrected chi connectivity index (χ2v) is 6.76. The van der Waals surface area contributed by atoms with E-state index in [0.29, 0.717) is 23.4 Å². The minimum atomic E-state index is -0.111. The van der Waals surface area contributed by atoms with Crippen LogP contribution in [-0.2, 0) is 0 Å². The summed E-state index contributed by atoms with van der Waals surface area (Å²) >= 11 is 0. The van der Waals surface area contributed by atoms with Crippen molar-refractivity contribution in [3.8, 4) is 0 Å². The minimum Gasteiger partial charge on any atom is -0.329 e. The van der Waals surface area contributed by atoms with Crippen LogP contribution in [0.2, 0.25) is 0 Å². The van der Waals surface area contributed by atoms with Crippen LogP contribution in [0.4, 0.5) is 0 Å². The first-order valence-electron chi connectivity index (χ1n) is 8.87. The van der Waals surface area contributed by atoms with Crippen LogP contribution in [0.1, 0.15) is 52.7 Å². The molecular formula is C19H21N5O2. The van der Waals surface area contributed by atoms with E-state index in [0.717, 1.165) is 30.7 Å². The molecule has 7 nitrogen and oxygen atoms in total. The van der Waals surface area contributed by atoms with E-state index >= 15 is 0 Å². The number of rotatable bonds is 2. The monoisotopic (exact) mass is 351 g/mol. The van der Waals surface area contributed by atoms with Gasteiger partial charge in [-0.2, -0.15) is 0 Å². The van der Waals surface area contributed by atoms with Crippen molar-refractivity contribution in [2.45, 2.75) is 39.2 Å². The Kier molecular flexibility index (Phi) is 4.06. The average molecular weight is 351 g/mol. The fraction of sp³-hybridized carbons (Fsp3) is 0.368. The summed E-state index contributed by atoms with van der Waals surface area (Å²) in [7, 11) is 0. The molecule has 3 aromatic heterocycles. The van der Waals surface area contributed by atoms with Crippen LogP contribution < -0.4 is 5.56 Å². The van der Waals surface area contributed by atoms with Crippen molar-refractivity contribution >= 4 is 11.6 Å². The molecule has 1 atom stereocenters. The number of amides is 1. The van der Waals surface area contributed by atoms with E-state index in [2.05, 4.69) is 15.1 Å². The second-order valence-electron chi connectivity index (χ2n) is 6.76. The van der Waals surface area contributed by atoms with E-state index < -0.39 is 0 Å². The number of likely N-dealkylation sites (tertiary alicyclic amines) is 1. The summed E-state index contributed by atoms with van der Waals surface area (Å²) in [5.41, 5.74) is 3.12. The highest BCUT2D eigenvalue weighted by Gasteiger charge is 2.30. The number of pyridine rings is 1. The topological polar surface area (TPSA) is 83.4 Å². The molecule has 1 aliphatic heterocycles. The smallest absolute Gasteiger partial charge is 0.275 e. The number of aromatic nitrogens is 4. The first-order chi connectivity index (χ1) is 12.6. The molecule has 1 aliphatic rings. The molecule has 0 unspecified atom stereocenters. The zero-order valence-electron chi connectivity index (χ0n) is 14.9. The summed E-state index contributed by atoms with van der Waals surface area (Å²) in [6, 6.07) is 7.11. The third kappa shape index (κ3) is 2.69. The van der Waals surface area contributed by atoms with Gasteiger partial charge in [0.25, 0.3) is 11.5 Å². The molecule has 0 aromatic carbocycles. The van der Waals surface area contributed by atoms with E-state index in [4.69, 9.17) is 0 Å². The van der Waals surface area contributed by atoms with Crippen molar-refractivity contribution in [3.63, 3.8) is 0 Å². The maximum Gasteiger partial charge on any atom is 0.275 e. The number of nitrogens with zero attached hydrogens (tertiary/aromatic N) is 4. The lowest BCUT2D eigenvalue weighted by Gasteiger charge is -2.34. The number of aryl methyl sites for hydroxylation is 1. The van der Waals surface area contributed by atoms with Crippen molar-refractivity contribution in [1.29, 1.82) is 0 Å². The molecule has 0 spiro atoms. The molecule has 1 saturated heterocycles. The van der Waals surface area contributed by atoms with Crippen LogP contribution in [0.25, 0.3) is 5.65 Å². The molecule has 0 saturated carbocycles. The first-order valence-corrected chi connectivity index (χ1v) is 8.87. The minimum absolute atomic E-state index is 0.0818. The lowest BCUT2D eigenvalue weighted by Crippen LogP contribution is -2.39. The van der Waals surface area contributed by atoms with Crippen molar-refractivity contribution in [3.05, 3.63) is 63.5 Å². The molecule has 7 heteroatoms. The number of carbonyl (C=O) groups excluding carboxylic acids is 1. The molecule has 0 radical (unpaired) electrons. The largest absolute Gasteiger partial charge is 0.329 e. The number of aromatic amines is 1. The molecule has 4 rings (SSSR count). The van der Waals surface area contributed by atoms with Gasteiger partial charge in [-0.15, -0.1) is 0 Å². The summed E-state index contributed by atoms with van der Waals surface area (Å²) in [6.07, 6.45) is 4.47. The molecule has 1 amide bonds. The Morgan fingerprint density at radius 1 is 1.27 bits per heavy atom. The molecule has 4 heterocycles. The second kappa shape index (κ2) is 6.40. The number of hydrogen-bond donors (Lipinski definition) is 1. The van der Waals surface area contributed by atoms with E-state index in [1.807, 2.05) is 24.0 Å². The number of carbonyl (C=O) groups is 1. The lowest BCUT2D eigenvalue weighted by atomic mass is 9.99. The Hall–Kier alpha value is -2.96. The van der Waals surface area contributed by atoms with Gasteiger partial charge in [-0.1, -0.05) is 6.07 Å². The Labute approximate surface area is 150 Å². The summed E-state index contributed by atoms with van der Waals surface area (Å²) < 4.78 is 1.47. The van der Waals surface area contributed by atoms with Gasteiger partial charge < -0.3 is 4.90 Å². The van der Waals surface area contributed by atoms with Gasteiger partial charge in [-0.25, -0.2) is 9.50 Å². The maximum atomic E-state index is 12.9. The van der Waals surface area contributed by atoms with E-state index in [9.17, 15) is 9.59 Å². The highest BCUT2D eigenvalue weighted by atomic mass is 16.2. The first kappa shape index (κ1) is 16.5. The van der Waals surface area contributed by atoms with Crippen molar-refractivity contribution in [2.24, 2.45) is 0 Å². The average Bonchev–Trinajstić information content (AvgIpc) is 3.10. The van der Waals surface area contributed by atoms with E-state index in [-0.39, 0.29) is 17.5 Å². The van der Waals surface area contributed by atoms with Crippen LogP contribution in [0.3, 0.4) is 0 Å². The van der Waals surface area contributed by atoms with Gasteiger partial charge >= 0.3 is 0 Å². The maximum absolute atomic E-state index is 12.9. The number of fused-ring (bicyclic) bond motifs is 1. The number of piperidine rings is 1. The number of hydrogen-bond acceptors (Lipinski definition) is 4. The third-order valence-corrected chi connectivity index (χ3v) is 5.11. The number of nitrogens with one attached hydrogen (secondary N) is 1. The predicted molar refractivity (Wildman–Crippen MR) is 97.2 cm³/mol. The summed E-state index contributed by atoms with van der Waals surface area (Å²) in [5.74, 6) is -0.0818. The van der Waals surface area contributed by atoms with Gasteiger partial charge in [-0.3, -0.25) is 19.7 Å². The molecular weight excluding hydrogens is 330 g/mol. The normalized spacial score (nSPS) is 17.6. The quantitative estimate of drug-likeness (QED) is 0.768. The summed E-state index contributed by atoms with van der Waals surface area (Å²) in [6.45, 7) is 4.28. The Morgan fingerprint density at radius 3 is 2.88 bits per heavy atom. The third-order valence-electron chi connectivity index (χ3n) is 5.11. The Bertz CT molecular complexity index is 1020. The van der Waals surface area contributed by atoms with E-state index in [1.54, 1.807) is 25.3 Å². The van der Waals surface area contributed by atoms with Gasteiger partial charge in [0, 0.05) is 30.1 Å². The Balaban J connectivity index is 1.75. The molecule has 1 N–H and O–H groups in total. The van der Waals surface area contributed by atoms with Crippen LogP contribution in [-0.4, -0.2) is 36.9 Å². The molecule has 0 bridgehead atoms. The van der Waals surface area contributed by atoms with Crippen molar-refractivity contribution in [2.75, 3.05) is 6.54 Å². The van der Waals surface area contributed by atoms with Crippen LogP contribution >= 0.6 is 0 Å². The molecule has 3 aromatic rings. The van der Waals surface area contributed by atoms with Gasteiger partial charge in [-0.05, 0) is 45.2 Å². The lowest BCUT2D eigenvalue weighted by molar-refractivity contribution is 0.0599. The molecule has 1 fully saturated rings. The van der Waals surface area contributed by atoms with Crippen LogP contribution in [0.15, 0.2) is 35.3 Å². The van der Waals surface area contributed by atoms with E-state index in [1.165, 1.54) is 4.52 Å². The fourth-order valence-corrected chi connectivity index (χ4v) is 3.54. The molecule has 134 valence electrons. The molecule has 26 heavy (non-hydrogen) atoms. The number of H-pyrrole nitrogens is 1. The van der Waals surface area contributed by atoms with Crippen LogP contribution in [0, 0.1) is 13.8 Å². The highest BCUT2D eigenvalue weighted by Crippen LogP contribution is 2.31. The van der Waals surface area contributed by atoms with Crippen molar-refractivity contribution < 1.29 is 4.79 Å². The zero-order chi connectivity index (χ0) is 18.3.